The fourth-order valence-electron chi connectivity index (χ4n) is 1.50. The molecule has 2 rings (SSSR count). The standard InChI is InChI=1S/C13H14N4S/c1-8(2)11-7-18-13(16-11)17-12-10(6-14)9(3)4-5-15-12/h4-5,7-8H,1-3H3,(H,15,16,17). The first-order chi connectivity index (χ1) is 8.61. The van der Waals surface area contributed by atoms with Gasteiger partial charge in [-0.25, -0.2) is 9.97 Å². The van der Waals surface area contributed by atoms with Crippen LogP contribution in [0.15, 0.2) is 17.6 Å². The summed E-state index contributed by atoms with van der Waals surface area (Å²) in [5.74, 6) is 0.972. The molecule has 0 atom stereocenters. The number of hydrogen-bond donors (Lipinski definition) is 1. The molecule has 0 aromatic carbocycles. The molecule has 0 aliphatic rings. The molecule has 0 aliphatic carbocycles. The van der Waals surface area contributed by atoms with Gasteiger partial charge in [-0.3, -0.25) is 0 Å². The van der Waals surface area contributed by atoms with Crippen molar-refractivity contribution in [3.63, 3.8) is 0 Å². The van der Waals surface area contributed by atoms with Crippen molar-refractivity contribution in [1.82, 2.24) is 9.97 Å². The highest BCUT2D eigenvalue weighted by atomic mass is 32.1. The number of nitriles is 1. The minimum atomic E-state index is 0.401. The van der Waals surface area contributed by atoms with E-state index in [1.165, 1.54) is 11.3 Å². The first kappa shape index (κ1) is 12.5. The highest BCUT2D eigenvalue weighted by Gasteiger charge is 2.10. The van der Waals surface area contributed by atoms with Gasteiger partial charge in [0, 0.05) is 11.6 Å². The summed E-state index contributed by atoms with van der Waals surface area (Å²) in [7, 11) is 0. The Morgan fingerprint density at radius 3 is 2.83 bits per heavy atom. The highest BCUT2D eigenvalue weighted by molar-refractivity contribution is 7.13. The van der Waals surface area contributed by atoms with Gasteiger partial charge < -0.3 is 5.32 Å². The lowest BCUT2D eigenvalue weighted by atomic mass is 10.1. The van der Waals surface area contributed by atoms with E-state index < -0.39 is 0 Å². The molecule has 2 aromatic heterocycles. The van der Waals surface area contributed by atoms with Gasteiger partial charge in [0.2, 0.25) is 0 Å². The first-order valence-corrected chi connectivity index (χ1v) is 6.58. The summed E-state index contributed by atoms with van der Waals surface area (Å²) >= 11 is 1.53. The van der Waals surface area contributed by atoms with Crippen LogP contribution in [0.1, 0.15) is 36.6 Å². The number of nitrogens with zero attached hydrogens (tertiary/aromatic N) is 3. The molecular formula is C13H14N4S. The van der Waals surface area contributed by atoms with Crippen molar-refractivity contribution in [2.45, 2.75) is 26.7 Å². The lowest BCUT2D eigenvalue weighted by Crippen LogP contribution is -1.98. The second kappa shape index (κ2) is 5.15. The number of aryl methyl sites for hydroxylation is 1. The van der Waals surface area contributed by atoms with Gasteiger partial charge in [-0.15, -0.1) is 11.3 Å². The Labute approximate surface area is 110 Å². The molecule has 18 heavy (non-hydrogen) atoms. The quantitative estimate of drug-likeness (QED) is 0.914. The molecule has 1 N–H and O–H groups in total. The number of thiazole rings is 1. The summed E-state index contributed by atoms with van der Waals surface area (Å²) < 4.78 is 0. The fourth-order valence-corrected chi connectivity index (χ4v) is 2.38. The van der Waals surface area contributed by atoms with Gasteiger partial charge in [0.1, 0.15) is 11.9 Å². The van der Waals surface area contributed by atoms with Gasteiger partial charge in [0.15, 0.2) is 5.13 Å². The molecule has 0 radical (unpaired) electrons. The van der Waals surface area contributed by atoms with Gasteiger partial charge in [0.25, 0.3) is 0 Å². The minimum Gasteiger partial charge on any atom is -0.315 e. The third kappa shape index (κ3) is 2.49. The number of anilines is 2. The number of rotatable bonds is 3. The maximum absolute atomic E-state index is 9.12. The number of aromatic nitrogens is 2. The Bertz CT molecular complexity index is 595. The Balaban J connectivity index is 2.29. The van der Waals surface area contributed by atoms with Crippen molar-refractivity contribution in [1.29, 1.82) is 5.26 Å². The smallest absolute Gasteiger partial charge is 0.188 e. The zero-order valence-electron chi connectivity index (χ0n) is 10.6. The van der Waals surface area contributed by atoms with E-state index in [0.29, 0.717) is 17.3 Å². The van der Waals surface area contributed by atoms with E-state index in [4.69, 9.17) is 5.26 Å². The molecule has 0 unspecified atom stereocenters. The maximum Gasteiger partial charge on any atom is 0.188 e. The lowest BCUT2D eigenvalue weighted by Gasteiger charge is -2.05. The SMILES string of the molecule is Cc1ccnc(Nc2nc(C(C)C)cs2)c1C#N. The third-order valence-electron chi connectivity index (χ3n) is 2.61. The fraction of sp³-hybridized carbons (Fsp3) is 0.308. The third-order valence-corrected chi connectivity index (χ3v) is 3.39. The van der Waals surface area contributed by atoms with Crippen LogP contribution in [0.2, 0.25) is 0 Å². The van der Waals surface area contributed by atoms with Crippen LogP contribution < -0.4 is 5.32 Å². The van der Waals surface area contributed by atoms with E-state index in [1.807, 2.05) is 18.4 Å². The summed E-state index contributed by atoms with van der Waals surface area (Å²) in [6, 6.07) is 3.99. The minimum absolute atomic E-state index is 0.401. The molecule has 0 fully saturated rings. The predicted molar refractivity (Wildman–Crippen MR) is 73.2 cm³/mol. The monoisotopic (exact) mass is 258 g/mol. The zero-order valence-corrected chi connectivity index (χ0v) is 11.4. The molecule has 0 saturated heterocycles. The second-order valence-electron chi connectivity index (χ2n) is 4.32. The van der Waals surface area contributed by atoms with Crippen LogP contribution in [-0.4, -0.2) is 9.97 Å². The molecule has 4 nitrogen and oxygen atoms in total. The molecule has 92 valence electrons. The Kier molecular flexibility index (Phi) is 3.58. The van der Waals surface area contributed by atoms with E-state index in [1.54, 1.807) is 6.20 Å². The van der Waals surface area contributed by atoms with Crippen molar-refractivity contribution in [2.75, 3.05) is 5.32 Å². The molecule has 2 heterocycles. The average Bonchev–Trinajstić information content (AvgIpc) is 2.78. The molecule has 0 aliphatic heterocycles. The van der Waals surface area contributed by atoms with Crippen LogP contribution in [0.5, 0.6) is 0 Å². The number of hydrogen-bond acceptors (Lipinski definition) is 5. The summed E-state index contributed by atoms with van der Waals surface area (Å²) in [5.41, 5.74) is 2.53. The summed E-state index contributed by atoms with van der Waals surface area (Å²) in [6.45, 7) is 6.10. The molecule has 0 amide bonds. The van der Waals surface area contributed by atoms with Crippen molar-refractivity contribution in [2.24, 2.45) is 0 Å². The van der Waals surface area contributed by atoms with Gasteiger partial charge >= 0.3 is 0 Å². The van der Waals surface area contributed by atoms with E-state index in [9.17, 15) is 0 Å². The van der Waals surface area contributed by atoms with Crippen LogP contribution in [0, 0.1) is 18.3 Å². The maximum atomic E-state index is 9.12. The van der Waals surface area contributed by atoms with E-state index in [-0.39, 0.29) is 0 Å². The van der Waals surface area contributed by atoms with Crippen LogP contribution >= 0.6 is 11.3 Å². The van der Waals surface area contributed by atoms with Crippen LogP contribution in [0.4, 0.5) is 10.9 Å². The molecule has 5 heteroatoms. The molecule has 0 spiro atoms. The van der Waals surface area contributed by atoms with Gasteiger partial charge in [-0.2, -0.15) is 5.26 Å². The normalized spacial score (nSPS) is 10.4. The molecule has 0 bridgehead atoms. The summed E-state index contributed by atoms with van der Waals surface area (Å²) in [5, 5.41) is 15.0. The number of nitrogens with one attached hydrogen (secondary N) is 1. The van der Waals surface area contributed by atoms with Gasteiger partial charge in [-0.05, 0) is 24.5 Å². The van der Waals surface area contributed by atoms with Crippen molar-refractivity contribution < 1.29 is 0 Å². The largest absolute Gasteiger partial charge is 0.315 e. The van der Waals surface area contributed by atoms with E-state index >= 15 is 0 Å². The van der Waals surface area contributed by atoms with Gasteiger partial charge in [-0.1, -0.05) is 13.8 Å². The van der Waals surface area contributed by atoms with Crippen LogP contribution in [0.3, 0.4) is 0 Å². The van der Waals surface area contributed by atoms with Gasteiger partial charge in [0.05, 0.1) is 11.3 Å². The summed E-state index contributed by atoms with van der Waals surface area (Å²) in [6.07, 6.45) is 1.69. The highest BCUT2D eigenvalue weighted by Crippen LogP contribution is 2.25. The molecule has 2 aromatic rings. The van der Waals surface area contributed by atoms with Crippen LogP contribution in [-0.2, 0) is 0 Å². The topological polar surface area (TPSA) is 61.6 Å². The summed E-state index contributed by atoms with van der Waals surface area (Å²) in [4.78, 5) is 8.66. The van der Waals surface area contributed by atoms with E-state index in [2.05, 4.69) is 35.2 Å². The van der Waals surface area contributed by atoms with Crippen molar-refractivity contribution in [3.8, 4) is 6.07 Å². The lowest BCUT2D eigenvalue weighted by molar-refractivity contribution is 0.834. The Hall–Kier alpha value is -1.93. The zero-order chi connectivity index (χ0) is 13.1. The van der Waals surface area contributed by atoms with Crippen molar-refractivity contribution in [3.05, 3.63) is 34.5 Å². The average molecular weight is 258 g/mol. The van der Waals surface area contributed by atoms with Crippen molar-refractivity contribution >= 4 is 22.3 Å². The predicted octanol–water partition coefficient (Wildman–Crippen LogP) is 3.59. The molecular weight excluding hydrogens is 244 g/mol. The second-order valence-corrected chi connectivity index (χ2v) is 5.18. The Morgan fingerprint density at radius 2 is 2.22 bits per heavy atom. The Morgan fingerprint density at radius 1 is 1.44 bits per heavy atom. The van der Waals surface area contributed by atoms with Crippen LogP contribution in [0.25, 0.3) is 0 Å². The number of pyridine rings is 1. The first-order valence-electron chi connectivity index (χ1n) is 5.70. The van der Waals surface area contributed by atoms with E-state index in [0.717, 1.165) is 16.4 Å². The molecule has 0 saturated carbocycles.